The summed E-state index contributed by atoms with van der Waals surface area (Å²) < 4.78 is 104. The molecule has 4 saturated heterocycles. The Kier molecular flexibility index (Phi) is 11.9. The fourth-order valence-electron chi connectivity index (χ4n) is 9.56. The van der Waals surface area contributed by atoms with Crippen LogP contribution in [-0.2, 0) is 50.7 Å². The van der Waals surface area contributed by atoms with Crippen LogP contribution in [0.2, 0.25) is 0 Å². The molecule has 5 aliphatic rings. The van der Waals surface area contributed by atoms with E-state index in [1.54, 1.807) is 6.92 Å². The minimum atomic E-state index is -4.61. The Hall–Kier alpha value is -5.35. The summed E-state index contributed by atoms with van der Waals surface area (Å²) in [7, 11) is 0. The molecule has 3 aromatic carbocycles. The summed E-state index contributed by atoms with van der Waals surface area (Å²) in [5, 5.41) is 13.7. The van der Waals surface area contributed by atoms with Crippen LogP contribution in [0.25, 0.3) is 33.2 Å². The largest absolute Gasteiger partial charge is 0.466 e. The number of carbonyl (C=O) groups is 2. The Balaban J connectivity index is 0.907. The molecule has 5 heterocycles. The number of esters is 2. The number of hydrogen-bond donors (Lipinski definition) is 1. The molecule has 1 N–H and O–H groups in total. The molecule has 9 rings (SSSR count). The summed E-state index contributed by atoms with van der Waals surface area (Å²) in [6.45, 7) is 6.08. The number of rotatable bonds is 11. The van der Waals surface area contributed by atoms with E-state index in [-0.39, 0.29) is 83.6 Å². The SMILES string of the molecule is C[C@H]1[C@H](OC(=O)CCC(=O)OCCCNc2ncnc3c(C#N)c(-c4ccc(C(F)(F)F)cc4)cc(-c4ccc(C(F)(F)F)cc4)c23)O[C@@H]2O[C@]3(C)CC[C@H]4[C@H](C)CC[C@@H]1[C@@]24OO3. The average Bonchev–Trinajstić information content (AvgIpc) is 3.48. The second-order valence-corrected chi connectivity index (χ2v) is 16.8. The summed E-state index contributed by atoms with van der Waals surface area (Å²) in [5.74, 6) is -1.83. The molecule has 0 unspecified atom stereocenters. The van der Waals surface area contributed by atoms with Crippen molar-refractivity contribution in [1.82, 2.24) is 9.97 Å². The quantitative estimate of drug-likeness (QED) is 0.0661. The van der Waals surface area contributed by atoms with Gasteiger partial charge in [-0.2, -0.15) is 31.6 Å². The number of nitrogens with zero attached hydrogens (tertiary/aromatic N) is 3. The molecule has 4 aromatic rings. The monoisotopic (exact) mass is 882 g/mol. The lowest BCUT2D eigenvalue weighted by atomic mass is 9.58. The number of alkyl halides is 6. The van der Waals surface area contributed by atoms with E-state index in [0.717, 1.165) is 43.5 Å². The van der Waals surface area contributed by atoms with Crippen LogP contribution >= 0.6 is 0 Å². The van der Waals surface area contributed by atoms with Crippen molar-refractivity contribution in [2.45, 2.75) is 102 Å². The van der Waals surface area contributed by atoms with Crippen LogP contribution in [0, 0.1) is 35.0 Å². The van der Waals surface area contributed by atoms with Gasteiger partial charge in [-0.3, -0.25) is 9.59 Å². The fraction of sp³-hybridized carbons (Fsp3) is 0.489. The first-order valence-corrected chi connectivity index (χ1v) is 20.8. The molecule has 12 nitrogen and oxygen atoms in total. The molecule has 4 aliphatic heterocycles. The lowest BCUT2D eigenvalue weighted by molar-refractivity contribution is -0.576. The third-order valence-corrected chi connectivity index (χ3v) is 12.8. The number of halogens is 6. The third-order valence-electron chi connectivity index (χ3n) is 12.8. The van der Waals surface area contributed by atoms with Gasteiger partial charge in [0.1, 0.15) is 18.2 Å². The first-order chi connectivity index (χ1) is 29.9. The van der Waals surface area contributed by atoms with Gasteiger partial charge in [-0.1, -0.05) is 38.1 Å². The fourth-order valence-corrected chi connectivity index (χ4v) is 9.56. The van der Waals surface area contributed by atoms with Gasteiger partial charge in [0.2, 0.25) is 12.1 Å². The van der Waals surface area contributed by atoms with Crippen molar-refractivity contribution in [1.29, 1.82) is 5.26 Å². The Morgan fingerprint density at radius 1 is 0.873 bits per heavy atom. The predicted octanol–water partition coefficient (Wildman–Crippen LogP) is 9.75. The van der Waals surface area contributed by atoms with E-state index in [4.69, 9.17) is 28.7 Å². The van der Waals surface area contributed by atoms with E-state index in [0.29, 0.717) is 23.5 Å². The molecular formula is C45H44F6N4O8. The number of nitrogens with one attached hydrogen (secondary N) is 1. The number of ether oxygens (including phenoxy) is 4. The zero-order chi connectivity index (χ0) is 44.9. The van der Waals surface area contributed by atoms with Crippen molar-refractivity contribution in [3.05, 3.63) is 77.6 Å². The van der Waals surface area contributed by atoms with Crippen LogP contribution in [0.3, 0.4) is 0 Å². The maximum absolute atomic E-state index is 13.5. The minimum absolute atomic E-state index is 0.00625. The normalized spacial score (nSPS) is 27.8. The van der Waals surface area contributed by atoms with Crippen molar-refractivity contribution in [2.75, 3.05) is 18.5 Å². The first kappa shape index (κ1) is 44.3. The zero-order valence-electron chi connectivity index (χ0n) is 34.5. The van der Waals surface area contributed by atoms with E-state index >= 15 is 0 Å². The Morgan fingerprint density at radius 3 is 2.17 bits per heavy atom. The van der Waals surface area contributed by atoms with Gasteiger partial charge in [0.25, 0.3) is 0 Å². The Morgan fingerprint density at radius 2 is 1.52 bits per heavy atom. The number of benzene rings is 3. The molecule has 0 amide bonds. The lowest BCUT2D eigenvalue weighted by Gasteiger charge is -2.59. The lowest BCUT2D eigenvalue weighted by Crippen LogP contribution is -2.70. The number of fused-ring (bicyclic) bond motifs is 3. The molecule has 18 heteroatoms. The van der Waals surface area contributed by atoms with Crippen LogP contribution in [0.5, 0.6) is 0 Å². The number of anilines is 1. The first-order valence-electron chi connectivity index (χ1n) is 20.8. The second-order valence-electron chi connectivity index (χ2n) is 16.8. The van der Waals surface area contributed by atoms with Crippen molar-refractivity contribution >= 4 is 28.7 Å². The van der Waals surface area contributed by atoms with Crippen LogP contribution < -0.4 is 5.32 Å². The summed E-state index contributed by atoms with van der Waals surface area (Å²) in [4.78, 5) is 46.3. The predicted molar refractivity (Wildman–Crippen MR) is 211 cm³/mol. The maximum Gasteiger partial charge on any atom is 0.416 e. The molecule has 63 heavy (non-hydrogen) atoms. The number of carbonyl (C=O) groups excluding carboxylic acids is 2. The van der Waals surface area contributed by atoms with Crippen LogP contribution in [-0.4, -0.2) is 59.0 Å². The van der Waals surface area contributed by atoms with Gasteiger partial charge < -0.3 is 24.3 Å². The van der Waals surface area contributed by atoms with Crippen molar-refractivity contribution in [2.24, 2.45) is 23.7 Å². The number of aromatic nitrogens is 2. The van der Waals surface area contributed by atoms with E-state index < -0.39 is 59.4 Å². The average molecular weight is 883 g/mol. The van der Waals surface area contributed by atoms with Crippen molar-refractivity contribution in [3.8, 4) is 28.3 Å². The topological polar surface area (TPSA) is 151 Å². The molecule has 1 saturated carbocycles. The van der Waals surface area contributed by atoms with Gasteiger partial charge in [-0.15, -0.1) is 0 Å². The van der Waals surface area contributed by atoms with Crippen molar-refractivity contribution in [3.63, 3.8) is 0 Å². The summed E-state index contributed by atoms with van der Waals surface area (Å²) in [5.41, 5.74) is -1.43. The van der Waals surface area contributed by atoms with E-state index in [2.05, 4.69) is 28.3 Å². The van der Waals surface area contributed by atoms with Crippen LogP contribution in [0.15, 0.2) is 60.9 Å². The summed E-state index contributed by atoms with van der Waals surface area (Å²) in [6, 6.07) is 12.0. The number of nitriles is 1. The maximum atomic E-state index is 13.5. The van der Waals surface area contributed by atoms with Crippen LogP contribution in [0.1, 0.15) is 82.4 Å². The van der Waals surface area contributed by atoms with Crippen molar-refractivity contribution < 1.29 is 64.7 Å². The number of hydrogen-bond acceptors (Lipinski definition) is 12. The van der Waals surface area contributed by atoms with Gasteiger partial charge in [0.15, 0.2) is 11.9 Å². The molecule has 1 spiro atoms. The minimum Gasteiger partial charge on any atom is -0.466 e. The van der Waals surface area contributed by atoms with E-state index in [9.17, 15) is 41.2 Å². The summed E-state index contributed by atoms with van der Waals surface area (Å²) in [6.07, 6.45) is -6.70. The van der Waals surface area contributed by atoms with Gasteiger partial charge in [0.05, 0.1) is 47.0 Å². The van der Waals surface area contributed by atoms with Gasteiger partial charge in [-0.25, -0.2) is 19.7 Å². The van der Waals surface area contributed by atoms with Gasteiger partial charge >= 0.3 is 24.3 Å². The highest BCUT2D eigenvalue weighted by atomic mass is 19.4. The molecule has 2 bridgehead atoms. The molecular weight excluding hydrogens is 839 g/mol. The highest BCUT2D eigenvalue weighted by Crippen LogP contribution is 2.60. The smallest absolute Gasteiger partial charge is 0.416 e. The van der Waals surface area contributed by atoms with Gasteiger partial charge in [-0.05, 0) is 91.5 Å². The summed E-state index contributed by atoms with van der Waals surface area (Å²) >= 11 is 0. The van der Waals surface area contributed by atoms with Gasteiger partial charge in [0, 0.05) is 30.4 Å². The standard InChI is InChI=1S/C45H44F6N4O8/c1-24-5-14-34-25(2)40(60-41-43(34)33(24)17-18-42(3,61-41)62-63-43)59-36(57)16-15-35(56)58-20-4-19-53-39-37-31(27-8-12-29(13-9-27)45(49,50)51)21-30(32(22-52)38(37)54-23-55-39)26-6-10-28(11-7-26)44(46,47)48/h6-13,21,23-25,33-34,40-41H,4-5,14-20H2,1-3H3,(H,53,54,55)/t24-,25-,33+,34+,40-,41-,42+,43-/m1/s1. The highest BCUT2D eigenvalue weighted by Gasteiger charge is 2.69. The van der Waals surface area contributed by atoms with E-state index in [1.807, 2.05) is 6.92 Å². The van der Waals surface area contributed by atoms with E-state index in [1.165, 1.54) is 36.7 Å². The van der Waals surface area contributed by atoms with Crippen LogP contribution in [0.4, 0.5) is 32.2 Å². The molecule has 8 atom stereocenters. The molecule has 0 radical (unpaired) electrons. The molecule has 1 aliphatic carbocycles. The molecule has 334 valence electrons. The molecule has 1 aromatic heterocycles. The Labute approximate surface area is 358 Å². The highest BCUT2D eigenvalue weighted by molar-refractivity contribution is 6.07. The second kappa shape index (κ2) is 17.0. The zero-order valence-corrected chi connectivity index (χ0v) is 34.5. The third kappa shape index (κ3) is 8.55. The molecule has 5 fully saturated rings. The Bertz CT molecular complexity index is 2410.